The molecule has 1 aromatic carbocycles. The molecule has 1 fully saturated rings. The van der Waals surface area contributed by atoms with Crippen molar-refractivity contribution in [3.05, 3.63) is 40.4 Å². The first kappa shape index (κ1) is 20.6. The average molecular weight is 421 g/mol. The largest absolute Gasteiger partial charge is 0.348 e. The lowest BCUT2D eigenvalue weighted by molar-refractivity contribution is 0.0870. The molecule has 1 aliphatic carbocycles. The molecule has 2 aromatic rings. The minimum Gasteiger partial charge on any atom is -0.348 e. The van der Waals surface area contributed by atoms with Crippen molar-refractivity contribution in [2.45, 2.75) is 46.1 Å². The van der Waals surface area contributed by atoms with Crippen molar-refractivity contribution in [3.63, 3.8) is 0 Å². The first-order valence-electron chi connectivity index (χ1n) is 9.30. The normalized spacial score (nSPS) is 21.0. The summed E-state index contributed by atoms with van der Waals surface area (Å²) in [7, 11) is 0. The Bertz CT molecular complexity index is 850. The number of hydrogen-bond acceptors (Lipinski definition) is 4. The lowest BCUT2D eigenvalue weighted by Gasteiger charge is -2.39. The van der Waals surface area contributed by atoms with Gasteiger partial charge in [0.2, 0.25) is 0 Å². The number of urea groups is 1. The molecule has 0 aliphatic heterocycles. The van der Waals surface area contributed by atoms with Gasteiger partial charge in [-0.25, -0.2) is 9.78 Å². The van der Waals surface area contributed by atoms with E-state index in [1.165, 1.54) is 17.8 Å². The number of carbonyl (C=O) groups is 2. The van der Waals surface area contributed by atoms with E-state index < -0.39 is 6.03 Å². The van der Waals surface area contributed by atoms with Crippen LogP contribution < -0.4 is 16.0 Å². The fourth-order valence-corrected chi connectivity index (χ4v) is 4.76. The standard InChI is InChI=1S/C20H25ClN4O2S/c1-12-8-15(10-20(2,3)9-12)22-17(26)16-11-28-19(24-16)25-18(27)23-14-6-4-13(21)5-7-14/h4-7,11-12,15H,8-10H2,1-3H3,(H,22,26)(H2,23,24,25,27). The maximum absolute atomic E-state index is 12.5. The van der Waals surface area contributed by atoms with Crippen molar-refractivity contribution >= 4 is 45.7 Å². The molecule has 1 heterocycles. The Morgan fingerprint density at radius 1 is 1.18 bits per heavy atom. The van der Waals surface area contributed by atoms with Crippen LogP contribution in [0.15, 0.2) is 29.6 Å². The van der Waals surface area contributed by atoms with Crippen LogP contribution in [-0.2, 0) is 0 Å². The van der Waals surface area contributed by atoms with Gasteiger partial charge in [0, 0.05) is 22.1 Å². The van der Waals surface area contributed by atoms with Gasteiger partial charge in [-0.2, -0.15) is 0 Å². The Kier molecular flexibility index (Phi) is 6.25. The van der Waals surface area contributed by atoms with E-state index in [9.17, 15) is 9.59 Å². The van der Waals surface area contributed by atoms with Gasteiger partial charge in [0.1, 0.15) is 5.69 Å². The van der Waals surface area contributed by atoms with Gasteiger partial charge in [0.25, 0.3) is 5.91 Å². The van der Waals surface area contributed by atoms with Crippen molar-refractivity contribution < 1.29 is 9.59 Å². The van der Waals surface area contributed by atoms with Crippen LogP contribution in [0.3, 0.4) is 0 Å². The highest BCUT2D eigenvalue weighted by Gasteiger charge is 2.33. The number of benzene rings is 1. The maximum Gasteiger partial charge on any atom is 0.325 e. The summed E-state index contributed by atoms with van der Waals surface area (Å²) in [6, 6.07) is 6.52. The van der Waals surface area contributed by atoms with E-state index in [0.717, 1.165) is 12.8 Å². The molecule has 2 unspecified atom stereocenters. The molecule has 3 N–H and O–H groups in total. The Hall–Kier alpha value is -2.12. The van der Waals surface area contributed by atoms with Crippen LogP contribution >= 0.6 is 22.9 Å². The number of amides is 3. The number of anilines is 2. The zero-order valence-electron chi connectivity index (χ0n) is 16.2. The van der Waals surface area contributed by atoms with Gasteiger partial charge in [-0.05, 0) is 54.9 Å². The van der Waals surface area contributed by atoms with Crippen molar-refractivity contribution in [3.8, 4) is 0 Å². The number of thiazole rings is 1. The molecule has 0 radical (unpaired) electrons. The Labute approximate surface area is 174 Å². The predicted octanol–water partition coefficient (Wildman–Crippen LogP) is 5.39. The van der Waals surface area contributed by atoms with Gasteiger partial charge in [-0.15, -0.1) is 11.3 Å². The van der Waals surface area contributed by atoms with Gasteiger partial charge < -0.3 is 10.6 Å². The second kappa shape index (κ2) is 8.49. The molecule has 3 amide bonds. The number of nitrogens with one attached hydrogen (secondary N) is 3. The van der Waals surface area contributed by atoms with Crippen LogP contribution in [0.4, 0.5) is 15.6 Å². The van der Waals surface area contributed by atoms with Crippen LogP contribution in [0.5, 0.6) is 0 Å². The number of rotatable bonds is 4. The Balaban J connectivity index is 1.55. The van der Waals surface area contributed by atoms with Crippen LogP contribution in [-0.4, -0.2) is 23.0 Å². The second-order valence-electron chi connectivity index (χ2n) is 8.21. The van der Waals surface area contributed by atoms with Gasteiger partial charge in [0.05, 0.1) is 0 Å². The molecule has 1 aromatic heterocycles. The van der Waals surface area contributed by atoms with Crippen molar-refractivity contribution in [2.75, 3.05) is 10.6 Å². The van der Waals surface area contributed by atoms with E-state index in [1.807, 2.05) is 0 Å². The van der Waals surface area contributed by atoms with Gasteiger partial charge in [0.15, 0.2) is 5.13 Å². The third-order valence-corrected chi connectivity index (χ3v) is 5.79. The van der Waals surface area contributed by atoms with E-state index in [4.69, 9.17) is 11.6 Å². The van der Waals surface area contributed by atoms with Gasteiger partial charge in [-0.3, -0.25) is 10.1 Å². The number of nitrogens with zero attached hydrogens (tertiary/aromatic N) is 1. The molecule has 2 atom stereocenters. The Morgan fingerprint density at radius 2 is 1.89 bits per heavy atom. The summed E-state index contributed by atoms with van der Waals surface area (Å²) in [5.74, 6) is 0.385. The molecule has 0 saturated heterocycles. The quantitative estimate of drug-likeness (QED) is 0.620. The summed E-state index contributed by atoms with van der Waals surface area (Å²) >= 11 is 7.05. The van der Waals surface area contributed by atoms with E-state index in [2.05, 4.69) is 41.7 Å². The average Bonchev–Trinajstić information content (AvgIpc) is 3.03. The van der Waals surface area contributed by atoms with Crippen molar-refractivity contribution in [1.29, 1.82) is 0 Å². The van der Waals surface area contributed by atoms with Crippen LogP contribution in [0.25, 0.3) is 0 Å². The minimum absolute atomic E-state index is 0.151. The number of hydrogen-bond donors (Lipinski definition) is 3. The molecule has 1 saturated carbocycles. The molecule has 8 heteroatoms. The van der Waals surface area contributed by atoms with Crippen LogP contribution in [0.1, 0.15) is 50.5 Å². The third kappa shape index (κ3) is 5.69. The molecule has 0 spiro atoms. The van der Waals surface area contributed by atoms with Crippen LogP contribution in [0, 0.1) is 11.3 Å². The zero-order chi connectivity index (χ0) is 20.3. The molecule has 28 heavy (non-hydrogen) atoms. The molecular weight excluding hydrogens is 396 g/mol. The first-order chi connectivity index (χ1) is 13.2. The molecule has 0 bridgehead atoms. The fraction of sp³-hybridized carbons (Fsp3) is 0.450. The summed E-state index contributed by atoms with van der Waals surface area (Å²) in [5.41, 5.74) is 1.16. The lowest BCUT2D eigenvalue weighted by atomic mass is 9.70. The summed E-state index contributed by atoms with van der Waals surface area (Å²) in [5, 5.41) is 11.1. The Morgan fingerprint density at radius 3 is 2.57 bits per heavy atom. The zero-order valence-corrected chi connectivity index (χ0v) is 17.8. The summed E-state index contributed by atoms with van der Waals surface area (Å²) in [4.78, 5) is 28.9. The summed E-state index contributed by atoms with van der Waals surface area (Å²) < 4.78 is 0. The first-order valence-corrected chi connectivity index (χ1v) is 10.6. The lowest BCUT2D eigenvalue weighted by Crippen LogP contribution is -2.43. The summed E-state index contributed by atoms with van der Waals surface area (Å²) in [6.07, 6.45) is 3.11. The number of aromatic nitrogens is 1. The number of carbonyl (C=O) groups excluding carboxylic acids is 2. The van der Waals surface area contributed by atoms with E-state index >= 15 is 0 Å². The third-order valence-electron chi connectivity index (χ3n) is 4.78. The van der Waals surface area contributed by atoms with Crippen LogP contribution in [0.2, 0.25) is 5.02 Å². The second-order valence-corrected chi connectivity index (χ2v) is 9.50. The highest BCUT2D eigenvalue weighted by molar-refractivity contribution is 7.14. The highest BCUT2D eigenvalue weighted by Crippen LogP contribution is 2.38. The van der Waals surface area contributed by atoms with E-state index in [0.29, 0.717) is 27.5 Å². The predicted molar refractivity (Wildman–Crippen MR) is 114 cm³/mol. The van der Waals surface area contributed by atoms with Gasteiger partial charge in [-0.1, -0.05) is 32.4 Å². The SMILES string of the molecule is CC1CC(NC(=O)c2csc(NC(=O)Nc3ccc(Cl)cc3)n2)CC(C)(C)C1. The topological polar surface area (TPSA) is 83.1 Å². The summed E-state index contributed by atoms with van der Waals surface area (Å²) in [6.45, 7) is 6.71. The number of halogens is 1. The molecule has 3 rings (SSSR count). The molecule has 1 aliphatic rings. The fourth-order valence-electron chi connectivity index (χ4n) is 3.94. The molecule has 150 valence electrons. The van der Waals surface area contributed by atoms with Gasteiger partial charge >= 0.3 is 6.03 Å². The molecule has 6 nitrogen and oxygen atoms in total. The monoisotopic (exact) mass is 420 g/mol. The van der Waals surface area contributed by atoms with E-state index in [-0.39, 0.29) is 17.4 Å². The van der Waals surface area contributed by atoms with Crippen molar-refractivity contribution in [2.24, 2.45) is 11.3 Å². The maximum atomic E-state index is 12.5. The molecular formula is C20H25ClN4O2S. The van der Waals surface area contributed by atoms with Crippen molar-refractivity contribution in [1.82, 2.24) is 10.3 Å². The minimum atomic E-state index is -0.425. The smallest absolute Gasteiger partial charge is 0.325 e. The highest BCUT2D eigenvalue weighted by atomic mass is 35.5. The van der Waals surface area contributed by atoms with E-state index in [1.54, 1.807) is 29.6 Å².